The average Bonchev–Trinajstić information content (AvgIpc) is 3.28. The highest BCUT2D eigenvalue weighted by atomic mass is 19.1. The summed E-state index contributed by atoms with van der Waals surface area (Å²) in [5.74, 6) is -0.655. The Bertz CT molecular complexity index is 1430. The Hall–Kier alpha value is -4.33. The molecule has 1 aromatic heterocycles. The fourth-order valence-electron chi connectivity index (χ4n) is 4.46. The van der Waals surface area contributed by atoms with Crippen molar-refractivity contribution in [3.63, 3.8) is 0 Å². The van der Waals surface area contributed by atoms with Crippen LogP contribution in [0.15, 0.2) is 67.0 Å². The quantitative estimate of drug-likeness (QED) is 0.411. The van der Waals surface area contributed by atoms with Crippen LogP contribution in [-0.2, 0) is 11.3 Å². The van der Waals surface area contributed by atoms with Gasteiger partial charge in [-0.15, -0.1) is 0 Å². The van der Waals surface area contributed by atoms with E-state index in [0.29, 0.717) is 40.0 Å². The van der Waals surface area contributed by atoms with Gasteiger partial charge in [0.1, 0.15) is 11.6 Å². The summed E-state index contributed by atoms with van der Waals surface area (Å²) in [4.78, 5) is 43.5. The lowest BCUT2D eigenvalue weighted by Gasteiger charge is -2.27. The molecule has 0 saturated carbocycles. The van der Waals surface area contributed by atoms with E-state index in [9.17, 15) is 18.8 Å². The Kier molecular flexibility index (Phi) is 5.86. The zero-order valence-electron chi connectivity index (χ0n) is 19.1. The number of imide groups is 1. The van der Waals surface area contributed by atoms with Gasteiger partial charge in [-0.25, -0.2) is 9.37 Å². The highest BCUT2D eigenvalue weighted by molar-refractivity contribution is 6.25. The molecule has 8 heteroatoms. The average molecular weight is 471 g/mol. The fraction of sp³-hybridized carbons (Fsp3) is 0.185. The van der Waals surface area contributed by atoms with E-state index in [2.05, 4.69) is 10.3 Å². The standard InChI is InChI=1S/C27H23FN4O3/c1-17-29-12-14-31(17)23-11-10-18(15-22(23)28)16-30-24(33)9-4-13-32-26(34)20-7-2-5-19-6-3-8-21(25(19)20)27(32)35/h2-3,5-8,10-12,14-15H,4,9,13,16H2,1H3,(H,30,33). The number of imidazole rings is 1. The molecule has 1 N–H and O–H groups in total. The van der Waals surface area contributed by atoms with E-state index in [4.69, 9.17) is 0 Å². The van der Waals surface area contributed by atoms with Crippen molar-refractivity contribution in [2.24, 2.45) is 0 Å². The van der Waals surface area contributed by atoms with Gasteiger partial charge in [0.2, 0.25) is 5.91 Å². The number of halogens is 1. The Morgan fingerprint density at radius 3 is 2.37 bits per heavy atom. The molecule has 5 rings (SSSR count). The van der Waals surface area contributed by atoms with Crippen LogP contribution in [0.4, 0.5) is 4.39 Å². The molecule has 0 fully saturated rings. The zero-order valence-corrected chi connectivity index (χ0v) is 19.1. The number of aromatic nitrogens is 2. The van der Waals surface area contributed by atoms with E-state index >= 15 is 0 Å². The Morgan fingerprint density at radius 2 is 1.74 bits per heavy atom. The SMILES string of the molecule is Cc1nccn1-c1ccc(CNC(=O)CCCN2C(=O)c3cccc4cccc(c34)C2=O)cc1F. The number of aryl methyl sites for hydroxylation is 1. The molecule has 1 aliphatic rings. The van der Waals surface area contributed by atoms with Crippen molar-refractivity contribution < 1.29 is 18.8 Å². The van der Waals surface area contributed by atoms with Gasteiger partial charge in [-0.3, -0.25) is 19.3 Å². The Morgan fingerprint density at radius 1 is 1.03 bits per heavy atom. The van der Waals surface area contributed by atoms with Crippen LogP contribution >= 0.6 is 0 Å². The van der Waals surface area contributed by atoms with Crippen molar-refractivity contribution >= 4 is 28.5 Å². The van der Waals surface area contributed by atoms with Gasteiger partial charge >= 0.3 is 0 Å². The van der Waals surface area contributed by atoms with Crippen LogP contribution < -0.4 is 5.32 Å². The number of benzene rings is 3. The van der Waals surface area contributed by atoms with E-state index in [0.717, 1.165) is 5.39 Å². The van der Waals surface area contributed by atoms with E-state index in [-0.39, 0.29) is 37.2 Å². The second-order valence-electron chi connectivity index (χ2n) is 8.48. The number of hydrogen-bond donors (Lipinski definition) is 1. The van der Waals surface area contributed by atoms with Crippen LogP contribution in [0.2, 0.25) is 0 Å². The monoisotopic (exact) mass is 470 g/mol. The third-order valence-electron chi connectivity index (χ3n) is 6.23. The van der Waals surface area contributed by atoms with Crippen molar-refractivity contribution in [3.05, 3.63) is 95.3 Å². The van der Waals surface area contributed by atoms with Crippen LogP contribution in [0, 0.1) is 12.7 Å². The second-order valence-corrected chi connectivity index (χ2v) is 8.48. The molecule has 176 valence electrons. The maximum absolute atomic E-state index is 14.6. The summed E-state index contributed by atoms with van der Waals surface area (Å²) in [6.45, 7) is 2.11. The zero-order chi connectivity index (χ0) is 24.5. The predicted molar refractivity (Wildman–Crippen MR) is 129 cm³/mol. The third-order valence-corrected chi connectivity index (χ3v) is 6.23. The first-order chi connectivity index (χ1) is 16.9. The van der Waals surface area contributed by atoms with Gasteiger partial charge in [0.15, 0.2) is 0 Å². The first-order valence-corrected chi connectivity index (χ1v) is 11.4. The fourth-order valence-corrected chi connectivity index (χ4v) is 4.46. The minimum atomic E-state index is -0.407. The molecule has 4 aromatic rings. The third kappa shape index (κ3) is 4.19. The number of rotatable bonds is 7. The summed E-state index contributed by atoms with van der Waals surface area (Å²) in [6.07, 6.45) is 3.76. The van der Waals surface area contributed by atoms with Crippen LogP contribution in [0.25, 0.3) is 16.5 Å². The molecule has 0 unspecified atom stereocenters. The summed E-state index contributed by atoms with van der Waals surface area (Å²) < 4.78 is 16.2. The molecule has 1 aliphatic heterocycles. The number of carbonyl (C=O) groups is 3. The van der Waals surface area contributed by atoms with Gasteiger partial charge < -0.3 is 9.88 Å². The highest BCUT2D eigenvalue weighted by Gasteiger charge is 2.32. The molecule has 35 heavy (non-hydrogen) atoms. The molecule has 0 radical (unpaired) electrons. The molecule has 0 saturated heterocycles. The smallest absolute Gasteiger partial charge is 0.261 e. The van der Waals surface area contributed by atoms with Gasteiger partial charge in [0.05, 0.1) is 5.69 Å². The van der Waals surface area contributed by atoms with Gasteiger partial charge in [0, 0.05) is 48.4 Å². The molecule has 0 atom stereocenters. The summed E-state index contributed by atoms with van der Waals surface area (Å²) in [7, 11) is 0. The number of hydrogen-bond acceptors (Lipinski definition) is 4. The second kappa shape index (κ2) is 9.13. The molecule has 0 bridgehead atoms. The molecule has 7 nitrogen and oxygen atoms in total. The Balaban J connectivity index is 1.17. The summed E-state index contributed by atoms with van der Waals surface area (Å²) in [6, 6.07) is 15.6. The number of carbonyl (C=O) groups excluding carboxylic acids is 3. The van der Waals surface area contributed by atoms with E-state index < -0.39 is 5.82 Å². The van der Waals surface area contributed by atoms with Crippen LogP contribution in [0.3, 0.4) is 0 Å². The van der Waals surface area contributed by atoms with Crippen LogP contribution in [-0.4, -0.2) is 38.7 Å². The maximum atomic E-state index is 14.6. The Labute approximate surface area is 201 Å². The predicted octanol–water partition coefficient (Wildman–Crippen LogP) is 4.17. The van der Waals surface area contributed by atoms with Gasteiger partial charge in [0.25, 0.3) is 11.8 Å². The summed E-state index contributed by atoms with van der Waals surface area (Å²) in [5, 5.41) is 4.30. The number of nitrogens with zero attached hydrogens (tertiary/aromatic N) is 3. The summed E-state index contributed by atoms with van der Waals surface area (Å²) in [5.41, 5.74) is 2.02. The van der Waals surface area contributed by atoms with E-state index in [1.54, 1.807) is 60.3 Å². The van der Waals surface area contributed by atoms with E-state index in [1.807, 2.05) is 12.1 Å². The van der Waals surface area contributed by atoms with Gasteiger partial charge in [-0.05, 0) is 48.6 Å². The molecule has 2 heterocycles. The minimum Gasteiger partial charge on any atom is -0.352 e. The van der Waals surface area contributed by atoms with Gasteiger partial charge in [-0.2, -0.15) is 0 Å². The largest absolute Gasteiger partial charge is 0.352 e. The lowest BCUT2D eigenvalue weighted by atomic mass is 9.94. The van der Waals surface area contributed by atoms with Crippen molar-refractivity contribution in [2.75, 3.05) is 6.54 Å². The minimum absolute atomic E-state index is 0.137. The maximum Gasteiger partial charge on any atom is 0.261 e. The first kappa shape index (κ1) is 22.5. The lowest BCUT2D eigenvalue weighted by molar-refractivity contribution is -0.121. The van der Waals surface area contributed by atoms with Gasteiger partial charge in [-0.1, -0.05) is 30.3 Å². The lowest BCUT2D eigenvalue weighted by Crippen LogP contribution is -2.41. The van der Waals surface area contributed by atoms with Crippen LogP contribution in [0.5, 0.6) is 0 Å². The molecule has 3 amide bonds. The molecule has 0 aliphatic carbocycles. The first-order valence-electron chi connectivity index (χ1n) is 11.4. The van der Waals surface area contributed by atoms with Crippen molar-refractivity contribution in [2.45, 2.75) is 26.3 Å². The summed E-state index contributed by atoms with van der Waals surface area (Å²) >= 11 is 0. The normalized spacial score (nSPS) is 12.9. The number of amides is 3. The molecular weight excluding hydrogens is 447 g/mol. The topological polar surface area (TPSA) is 84.3 Å². The van der Waals surface area contributed by atoms with Crippen molar-refractivity contribution in [1.82, 2.24) is 19.8 Å². The molecule has 0 spiro atoms. The van der Waals surface area contributed by atoms with Crippen molar-refractivity contribution in [1.29, 1.82) is 0 Å². The molecule has 3 aromatic carbocycles. The van der Waals surface area contributed by atoms with Crippen LogP contribution in [0.1, 0.15) is 44.9 Å². The number of nitrogens with one attached hydrogen (secondary N) is 1. The molecular formula is C27H23FN4O3. The van der Waals surface area contributed by atoms with Crippen molar-refractivity contribution in [3.8, 4) is 5.69 Å². The van der Waals surface area contributed by atoms with E-state index in [1.165, 1.54) is 11.0 Å². The highest BCUT2D eigenvalue weighted by Crippen LogP contribution is 2.30.